The van der Waals surface area contributed by atoms with Gasteiger partial charge >= 0.3 is 12.1 Å². The van der Waals surface area contributed by atoms with Gasteiger partial charge < -0.3 is 20.5 Å². The summed E-state index contributed by atoms with van der Waals surface area (Å²) in [6, 6.07) is 14.7. The predicted octanol–water partition coefficient (Wildman–Crippen LogP) is 4.95. The van der Waals surface area contributed by atoms with Crippen molar-refractivity contribution in [3.05, 3.63) is 59.7 Å². The van der Waals surface area contributed by atoms with Crippen LogP contribution < -0.4 is 10.6 Å². The van der Waals surface area contributed by atoms with Gasteiger partial charge in [-0.05, 0) is 33.1 Å². The van der Waals surface area contributed by atoms with E-state index in [0.717, 1.165) is 22.3 Å². The topological polar surface area (TPSA) is 105 Å². The number of carbonyl (C=O) groups is 3. The van der Waals surface area contributed by atoms with Gasteiger partial charge in [0.15, 0.2) is 0 Å². The maximum Gasteiger partial charge on any atom is 0.407 e. The highest BCUT2D eigenvalue weighted by Gasteiger charge is 2.37. The van der Waals surface area contributed by atoms with Crippen LogP contribution in [-0.4, -0.2) is 41.8 Å². The van der Waals surface area contributed by atoms with E-state index in [0.29, 0.717) is 0 Å². The average molecular weight is 481 g/mol. The first-order chi connectivity index (χ1) is 16.3. The van der Waals surface area contributed by atoms with Crippen LogP contribution in [0.15, 0.2) is 48.5 Å². The third kappa shape index (κ3) is 6.21. The van der Waals surface area contributed by atoms with Gasteiger partial charge in [0.25, 0.3) is 0 Å². The number of carboxylic acid groups (broad SMARTS) is 1. The molecule has 0 saturated heterocycles. The average Bonchev–Trinajstić information content (AvgIpc) is 3.07. The van der Waals surface area contributed by atoms with Crippen molar-refractivity contribution < 1.29 is 24.2 Å². The second-order valence-electron chi connectivity index (χ2n) is 11.3. The molecule has 35 heavy (non-hydrogen) atoms. The summed E-state index contributed by atoms with van der Waals surface area (Å²) < 4.78 is 5.63. The lowest BCUT2D eigenvalue weighted by Gasteiger charge is -2.35. The first-order valence-electron chi connectivity index (χ1n) is 11.9. The van der Waals surface area contributed by atoms with E-state index < -0.39 is 40.9 Å². The van der Waals surface area contributed by atoms with E-state index in [2.05, 4.69) is 22.8 Å². The molecular formula is C28H36N2O5. The van der Waals surface area contributed by atoms with Gasteiger partial charge in [0.1, 0.15) is 12.6 Å². The zero-order chi connectivity index (χ0) is 26.0. The van der Waals surface area contributed by atoms with Crippen molar-refractivity contribution in [3.63, 3.8) is 0 Å². The Hall–Kier alpha value is -3.35. The molecule has 7 nitrogen and oxygen atoms in total. The van der Waals surface area contributed by atoms with Crippen molar-refractivity contribution in [2.75, 3.05) is 6.61 Å². The first kappa shape index (κ1) is 26.3. The minimum atomic E-state index is -0.998. The molecule has 1 aliphatic carbocycles. The number of benzene rings is 2. The molecule has 3 N–H and O–H groups in total. The minimum Gasteiger partial charge on any atom is -0.481 e. The van der Waals surface area contributed by atoms with Gasteiger partial charge in [-0.15, -0.1) is 0 Å². The molecule has 1 aliphatic rings. The normalized spacial score (nSPS) is 14.9. The second-order valence-corrected chi connectivity index (χ2v) is 11.3. The van der Waals surface area contributed by atoms with Gasteiger partial charge in [0.2, 0.25) is 5.91 Å². The molecule has 0 aromatic heterocycles. The molecule has 0 radical (unpaired) electrons. The number of rotatable bonds is 7. The standard InChI is InChI=1S/C28H36N2O5/c1-27(2,3)22(15-23(31)32)29-25(33)24(28(4,5)6)30-26(34)35-16-21-19-13-9-7-11-17(19)18-12-8-10-14-20(18)21/h7-14,21-22,24H,15-16H2,1-6H3,(H,29,33)(H,30,34)(H,31,32). The molecule has 7 heteroatoms. The fraction of sp³-hybridized carbons (Fsp3) is 0.464. The number of fused-ring (bicyclic) bond motifs is 3. The second kappa shape index (κ2) is 10.1. The van der Waals surface area contributed by atoms with Crippen LogP contribution in [0.25, 0.3) is 11.1 Å². The zero-order valence-electron chi connectivity index (χ0n) is 21.3. The SMILES string of the molecule is CC(C)(C)C(CC(=O)O)NC(=O)C(NC(=O)OCC1c2ccccc2-c2ccccc21)C(C)(C)C. The van der Waals surface area contributed by atoms with Crippen LogP contribution in [0.5, 0.6) is 0 Å². The third-order valence-corrected chi connectivity index (χ3v) is 6.47. The minimum absolute atomic E-state index is 0.0871. The van der Waals surface area contributed by atoms with Gasteiger partial charge in [0.05, 0.1) is 6.42 Å². The van der Waals surface area contributed by atoms with E-state index in [1.54, 1.807) is 0 Å². The lowest BCUT2D eigenvalue weighted by atomic mass is 9.82. The lowest BCUT2D eigenvalue weighted by Crippen LogP contribution is -2.57. The number of alkyl carbamates (subject to hydrolysis) is 1. The summed E-state index contributed by atoms with van der Waals surface area (Å²) >= 11 is 0. The van der Waals surface area contributed by atoms with Crippen molar-refractivity contribution >= 4 is 18.0 Å². The van der Waals surface area contributed by atoms with Crippen molar-refractivity contribution in [3.8, 4) is 11.1 Å². The molecule has 188 valence electrons. The molecule has 2 amide bonds. The third-order valence-electron chi connectivity index (χ3n) is 6.47. The van der Waals surface area contributed by atoms with Crippen LogP contribution >= 0.6 is 0 Å². The summed E-state index contributed by atoms with van der Waals surface area (Å²) in [4.78, 5) is 37.3. The molecule has 0 aliphatic heterocycles. The number of carboxylic acids is 1. The van der Waals surface area contributed by atoms with E-state index in [1.165, 1.54) is 0 Å². The Kier molecular flexibility index (Phi) is 7.58. The highest BCUT2D eigenvalue weighted by molar-refractivity contribution is 5.87. The Bertz CT molecular complexity index is 1050. The van der Waals surface area contributed by atoms with Gasteiger partial charge in [-0.25, -0.2) is 4.79 Å². The predicted molar refractivity (Wildman–Crippen MR) is 135 cm³/mol. The monoisotopic (exact) mass is 480 g/mol. The molecule has 3 rings (SSSR count). The maximum absolute atomic E-state index is 13.2. The number of nitrogens with one attached hydrogen (secondary N) is 2. The summed E-state index contributed by atoms with van der Waals surface area (Å²) in [5.41, 5.74) is 3.38. The molecule has 2 aromatic carbocycles. The Labute approximate surface area is 207 Å². The highest BCUT2D eigenvalue weighted by atomic mass is 16.5. The zero-order valence-corrected chi connectivity index (χ0v) is 21.3. The van der Waals surface area contributed by atoms with E-state index in [1.807, 2.05) is 77.9 Å². The fourth-order valence-electron chi connectivity index (χ4n) is 4.44. The summed E-state index contributed by atoms with van der Waals surface area (Å²) in [6.45, 7) is 11.3. The van der Waals surface area contributed by atoms with Crippen LogP contribution in [0, 0.1) is 10.8 Å². The van der Waals surface area contributed by atoms with Crippen LogP contribution in [0.1, 0.15) is 65.0 Å². The Morgan fingerprint density at radius 1 is 0.857 bits per heavy atom. The molecule has 0 heterocycles. The largest absolute Gasteiger partial charge is 0.481 e. The van der Waals surface area contributed by atoms with Crippen LogP contribution in [0.2, 0.25) is 0 Å². The summed E-state index contributed by atoms with van der Waals surface area (Å²) in [7, 11) is 0. The molecule has 0 fully saturated rings. The van der Waals surface area contributed by atoms with Gasteiger partial charge in [-0.1, -0.05) is 90.1 Å². The molecule has 0 bridgehead atoms. The maximum atomic E-state index is 13.2. The van der Waals surface area contributed by atoms with Gasteiger partial charge in [-0.3, -0.25) is 9.59 Å². The van der Waals surface area contributed by atoms with Crippen molar-refractivity contribution in [1.29, 1.82) is 0 Å². The van der Waals surface area contributed by atoms with Gasteiger partial charge in [-0.2, -0.15) is 0 Å². The molecule has 2 atom stereocenters. The number of aliphatic carboxylic acids is 1. The summed E-state index contributed by atoms with van der Waals surface area (Å²) in [5, 5.41) is 14.8. The molecule has 0 spiro atoms. The Balaban J connectivity index is 1.71. The molecular weight excluding hydrogens is 444 g/mol. The molecule has 2 unspecified atom stereocenters. The van der Waals surface area contributed by atoms with Crippen LogP contribution in [0.4, 0.5) is 4.79 Å². The summed E-state index contributed by atoms with van der Waals surface area (Å²) in [6.07, 6.45) is -0.899. The lowest BCUT2D eigenvalue weighted by molar-refractivity contribution is -0.138. The van der Waals surface area contributed by atoms with E-state index in [4.69, 9.17) is 4.74 Å². The highest BCUT2D eigenvalue weighted by Crippen LogP contribution is 2.44. The smallest absolute Gasteiger partial charge is 0.407 e. The number of hydrogen-bond acceptors (Lipinski definition) is 4. The fourth-order valence-corrected chi connectivity index (χ4v) is 4.44. The van der Waals surface area contributed by atoms with Crippen molar-refractivity contribution in [2.24, 2.45) is 10.8 Å². The van der Waals surface area contributed by atoms with E-state index >= 15 is 0 Å². The van der Waals surface area contributed by atoms with Crippen molar-refractivity contribution in [1.82, 2.24) is 10.6 Å². The van der Waals surface area contributed by atoms with Crippen LogP contribution in [0.3, 0.4) is 0 Å². The first-order valence-corrected chi connectivity index (χ1v) is 11.9. The summed E-state index contributed by atoms with van der Waals surface area (Å²) in [5.74, 6) is -1.52. The Morgan fingerprint density at radius 2 is 1.37 bits per heavy atom. The molecule has 0 saturated carbocycles. The number of carbonyl (C=O) groups excluding carboxylic acids is 2. The number of hydrogen-bond donors (Lipinski definition) is 3. The number of amides is 2. The quantitative estimate of drug-likeness (QED) is 0.520. The number of ether oxygens (including phenoxy) is 1. The van der Waals surface area contributed by atoms with E-state index in [-0.39, 0.29) is 18.9 Å². The van der Waals surface area contributed by atoms with Gasteiger partial charge in [0, 0.05) is 12.0 Å². The Morgan fingerprint density at radius 3 is 1.83 bits per heavy atom. The molecule has 2 aromatic rings. The van der Waals surface area contributed by atoms with E-state index in [9.17, 15) is 19.5 Å². The van der Waals surface area contributed by atoms with Crippen molar-refractivity contribution in [2.45, 2.75) is 66.0 Å². The van der Waals surface area contributed by atoms with Crippen LogP contribution in [-0.2, 0) is 14.3 Å².